The standard InChI is InChI=1S/C18H18N2O2.C2H6/c1-9-10(2)16(20-4)14-13(15(9)19-3)17(21)11-7-5-6-8-12(11)18(14)22;1-2/h5-8,19-20H,1-4H3;1-2H3. The van der Waals surface area contributed by atoms with Crippen molar-refractivity contribution >= 4 is 22.9 Å². The summed E-state index contributed by atoms with van der Waals surface area (Å²) in [6, 6.07) is 7.00. The molecule has 2 aromatic carbocycles. The topological polar surface area (TPSA) is 58.2 Å². The fourth-order valence-electron chi connectivity index (χ4n) is 3.23. The molecule has 126 valence electrons. The van der Waals surface area contributed by atoms with Crippen molar-refractivity contribution in [3.63, 3.8) is 0 Å². The molecule has 0 aliphatic heterocycles. The van der Waals surface area contributed by atoms with E-state index in [-0.39, 0.29) is 11.6 Å². The van der Waals surface area contributed by atoms with E-state index >= 15 is 0 Å². The molecule has 0 aromatic heterocycles. The summed E-state index contributed by atoms with van der Waals surface area (Å²) in [5, 5.41) is 6.19. The van der Waals surface area contributed by atoms with Gasteiger partial charge in [0.2, 0.25) is 0 Å². The van der Waals surface area contributed by atoms with Crippen LogP contribution in [0.25, 0.3) is 0 Å². The highest BCUT2D eigenvalue weighted by Crippen LogP contribution is 2.40. The molecule has 0 radical (unpaired) electrons. The summed E-state index contributed by atoms with van der Waals surface area (Å²) < 4.78 is 0. The third kappa shape index (κ3) is 2.39. The van der Waals surface area contributed by atoms with Crippen LogP contribution in [0.4, 0.5) is 11.4 Å². The van der Waals surface area contributed by atoms with Gasteiger partial charge in [-0.3, -0.25) is 9.59 Å². The lowest BCUT2D eigenvalue weighted by Gasteiger charge is -2.26. The summed E-state index contributed by atoms with van der Waals surface area (Å²) in [7, 11) is 3.55. The van der Waals surface area contributed by atoms with Gasteiger partial charge in [-0.2, -0.15) is 0 Å². The summed E-state index contributed by atoms with van der Waals surface area (Å²) in [5.41, 5.74) is 5.32. The number of benzene rings is 2. The summed E-state index contributed by atoms with van der Waals surface area (Å²) in [6.07, 6.45) is 0. The molecule has 4 heteroatoms. The Kier molecular flexibility index (Phi) is 5.07. The van der Waals surface area contributed by atoms with E-state index in [9.17, 15) is 9.59 Å². The first-order valence-electron chi connectivity index (χ1n) is 8.24. The van der Waals surface area contributed by atoms with E-state index in [4.69, 9.17) is 0 Å². The van der Waals surface area contributed by atoms with Gasteiger partial charge < -0.3 is 10.6 Å². The second-order valence-electron chi connectivity index (χ2n) is 5.45. The molecule has 0 fully saturated rings. The Balaban J connectivity index is 0.00000100. The molecule has 4 nitrogen and oxygen atoms in total. The highest BCUT2D eigenvalue weighted by molar-refractivity contribution is 6.32. The number of fused-ring (bicyclic) bond motifs is 2. The first kappa shape index (κ1) is 17.7. The van der Waals surface area contributed by atoms with Crippen molar-refractivity contribution in [2.45, 2.75) is 27.7 Å². The van der Waals surface area contributed by atoms with Gasteiger partial charge in [0, 0.05) is 36.6 Å². The molecule has 0 atom stereocenters. The first-order valence-corrected chi connectivity index (χ1v) is 8.24. The normalized spacial score (nSPS) is 11.9. The fraction of sp³-hybridized carbons (Fsp3) is 0.300. The summed E-state index contributed by atoms with van der Waals surface area (Å²) in [6.45, 7) is 7.92. The zero-order valence-electron chi connectivity index (χ0n) is 15.1. The highest BCUT2D eigenvalue weighted by Gasteiger charge is 2.35. The molecule has 0 spiro atoms. The van der Waals surface area contributed by atoms with Gasteiger partial charge in [0.15, 0.2) is 11.6 Å². The van der Waals surface area contributed by atoms with Crippen LogP contribution in [0.15, 0.2) is 24.3 Å². The number of hydrogen-bond acceptors (Lipinski definition) is 4. The van der Waals surface area contributed by atoms with Crippen LogP contribution in [-0.4, -0.2) is 25.7 Å². The largest absolute Gasteiger partial charge is 0.387 e. The molecule has 1 aliphatic carbocycles. The van der Waals surface area contributed by atoms with Crippen molar-refractivity contribution in [2.75, 3.05) is 24.7 Å². The van der Waals surface area contributed by atoms with E-state index in [1.165, 1.54) is 0 Å². The lowest BCUT2D eigenvalue weighted by Crippen LogP contribution is -2.25. The van der Waals surface area contributed by atoms with Crippen LogP contribution in [0, 0.1) is 13.8 Å². The van der Waals surface area contributed by atoms with E-state index in [1.54, 1.807) is 38.4 Å². The quantitative estimate of drug-likeness (QED) is 0.742. The first-order chi connectivity index (χ1) is 11.5. The van der Waals surface area contributed by atoms with E-state index in [0.29, 0.717) is 22.3 Å². The molecule has 0 saturated heterocycles. The minimum absolute atomic E-state index is 0.103. The SMILES string of the molecule is CC.CNc1c(C)c(C)c(NC)c2c1C(=O)c1ccccc1C2=O. The second kappa shape index (κ2) is 6.87. The molecule has 1 aliphatic rings. The Morgan fingerprint density at radius 1 is 0.708 bits per heavy atom. The predicted octanol–water partition coefficient (Wildman–Crippen LogP) is 4.19. The monoisotopic (exact) mass is 324 g/mol. The Bertz CT molecular complexity index is 755. The number of rotatable bonds is 2. The molecule has 0 amide bonds. The number of anilines is 2. The maximum Gasteiger partial charge on any atom is 0.196 e. The van der Waals surface area contributed by atoms with Crippen LogP contribution in [0.3, 0.4) is 0 Å². The molecule has 0 unspecified atom stereocenters. The van der Waals surface area contributed by atoms with Crippen molar-refractivity contribution in [1.29, 1.82) is 0 Å². The number of nitrogens with one attached hydrogen (secondary N) is 2. The van der Waals surface area contributed by atoms with Gasteiger partial charge >= 0.3 is 0 Å². The van der Waals surface area contributed by atoms with E-state index in [0.717, 1.165) is 22.5 Å². The van der Waals surface area contributed by atoms with Crippen LogP contribution >= 0.6 is 0 Å². The van der Waals surface area contributed by atoms with Crippen LogP contribution in [0.5, 0.6) is 0 Å². The van der Waals surface area contributed by atoms with Gasteiger partial charge in [0.05, 0.1) is 11.1 Å². The van der Waals surface area contributed by atoms with E-state index in [1.807, 2.05) is 27.7 Å². The van der Waals surface area contributed by atoms with Crippen LogP contribution < -0.4 is 10.6 Å². The zero-order chi connectivity index (χ0) is 18.0. The van der Waals surface area contributed by atoms with Crippen LogP contribution in [0.2, 0.25) is 0 Å². The van der Waals surface area contributed by atoms with Gasteiger partial charge in [-0.1, -0.05) is 38.1 Å². The van der Waals surface area contributed by atoms with Crippen molar-refractivity contribution in [2.24, 2.45) is 0 Å². The summed E-state index contributed by atoms with van der Waals surface area (Å²) in [5.74, 6) is -0.205. The van der Waals surface area contributed by atoms with Gasteiger partial charge in [-0.15, -0.1) is 0 Å². The third-order valence-electron chi connectivity index (χ3n) is 4.43. The minimum Gasteiger partial charge on any atom is -0.387 e. The number of ketones is 2. The molecule has 24 heavy (non-hydrogen) atoms. The van der Waals surface area contributed by atoms with Crippen molar-refractivity contribution in [3.8, 4) is 0 Å². The maximum atomic E-state index is 12.9. The maximum absolute atomic E-state index is 12.9. The molecule has 2 aromatic rings. The number of carbonyl (C=O) groups excluding carboxylic acids is 2. The Hall–Kier alpha value is -2.62. The van der Waals surface area contributed by atoms with Crippen molar-refractivity contribution < 1.29 is 9.59 Å². The molecule has 0 saturated carbocycles. The van der Waals surface area contributed by atoms with Crippen molar-refractivity contribution in [1.82, 2.24) is 0 Å². The summed E-state index contributed by atoms with van der Waals surface area (Å²) >= 11 is 0. The summed E-state index contributed by atoms with van der Waals surface area (Å²) in [4.78, 5) is 25.9. The van der Waals surface area contributed by atoms with E-state index in [2.05, 4.69) is 10.6 Å². The predicted molar refractivity (Wildman–Crippen MR) is 99.7 cm³/mol. The minimum atomic E-state index is -0.103. The molecule has 0 bridgehead atoms. The van der Waals surface area contributed by atoms with Crippen LogP contribution in [0.1, 0.15) is 56.8 Å². The van der Waals surface area contributed by atoms with Crippen molar-refractivity contribution in [3.05, 3.63) is 57.6 Å². The average Bonchev–Trinajstić information content (AvgIpc) is 2.63. The fourth-order valence-corrected chi connectivity index (χ4v) is 3.23. The smallest absolute Gasteiger partial charge is 0.196 e. The van der Waals surface area contributed by atoms with Gasteiger partial charge in [-0.05, 0) is 25.0 Å². The third-order valence-corrected chi connectivity index (χ3v) is 4.43. The Morgan fingerprint density at radius 2 is 1.04 bits per heavy atom. The zero-order valence-corrected chi connectivity index (χ0v) is 15.1. The number of carbonyl (C=O) groups is 2. The highest BCUT2D eigenvalue weighted by atomic mass is 16.1. The van der Waals surface area contributed by atoms with Gasteiger partial charge in [0.1, 0.15) is 0 Å². The van der Waals surface area contributed by atoms with E-state index < -0.39 is 0 Å². The lowest BCUT2D eigenvalue weighted by atomic mass is 9.80. The molecule has 2 N–H and O–H groups in total. The number of hydrogen-bond donors (Lipinski definition) is 2. The van der Waals surface area contributed by atoms with Gasteiger partial charge in [-0.25, -0.2) is 0 Å². The average molecular weight is 324 g/mol. The molecule has 3 rings (SSSR count). The Labute approximate surface area is 143 Å². The Morgan fingerprint density at radius 3 is 1.33 bits per heavy atom. The molecular weight excluding hydrogens is 300 g/mol. The van der Waals surface area contributed by atoms with Gasteiger partial charge in [0.25, 0.3) is 0 Å². The van der Waals surface area contributed by atoms with Crippen LogP contribution in [-0.2, 0) is 0 Å². The molecule has 0 heterocycles. The molecular formula is C20H24N2O2. The lowest BCUT2D eigenvalue weighted by molar-refractivity contribution is 0.0980. The second-order valence-corrected chi connectivity index (χ2v) is 5.45.